The number of rotatable bonds is 9. The highest BCUT2D eigenvalue weighted by atomic mass is 32.2. The van der Waals surface area contributed by atoms with E-state index in [0.29, 0.717) is 18.8 Å². The topological polar surface area (TPSA) is 108 Å². The van der Waals surface area contributed by atoms with Crippen LogP contribution in [0.5, 0.6) is 0 Å². The average Bonchev–Trinajstić information content (AvgIpc) is 2.64. The molecule has 0 aromatic heterocycles. The number of nitrogens with zero attached hydrogens (tertiary/aromatic N) is 1. The lowest BCUT2D eigenvalue weighted by atomic mass is 10.1. The van der Waals surface area contributed by atoms with Gasteiger partial charge in [0.25, 0.3) is 5.91 Å². The maximum absolute atomic E-state index is 12.8. The van der Waals surface area contributed by atoms with Crippen molar-refractivity contribution in [2.45, 2.75) is 20.8 Å². The van der Waals surface area contributed by atoms with Crippen molar-refractivity contribution in [1.82, 2.24) is 5.32 Å². The van der Waals surface area contributed by atoms with Crippen molar-refractivity contribution < 1.29 is 18.0 Å². The highest BCUT2D eigenvalue weighted by molar-refractivity contribution is 7.92. The summed E-state index contributed by atoms with van der Waals surface area (Å²) in [7, 11) is -3.57. The standard InChI is InChI=1S/C21H28N4O4S/c1-5-25(18-8-6-7-15(2)13-18)12-11-22-21(27)19-14-17(23-16(3)26)9-10-20(19)24-30(4,28)29/h6-10,13-14,24H,5,11-12H2,1-4H3,(H,22,27)(H,23,26). The second-order valence-corrected chi connectivity index (χ2v) is 8.74. The van der Waals surface area contributed by atoms with Gasteiger partial charge >= 0.3 is 0 Å². The van der Waals surface area contributed by atoms with Gasteiger partial charge in [0.2, 0.25) is 15.9 Å². The minimum absolute atomic E-state index is 0.130. The normalized spacial score (nSPS) is 10.9. The zero-order valence-corrected chi connectivity index (χ0v) is 18.5. The molecule has 2 aromatic rings. The lowest BCUT2D eigenvalue weighted by Gasteiger charge is -2.24. The number of nitrogens with one attached hydrogen (secondary N) is 3. The Balaban J connectivity index is 2.14. The van der Waals surface area contributed by atoms with Gasteiger partial charge in [0, 0.05) is 37.9 Å². The molecule has 2 amide bonds. The number of amides is 2. The van der Waals surface area contributed by atoms with E-state index in [1.807, 2.05) is 32.0 Å². The molecule has 0 bridgehead atoms. The van der Waals surface area contributed by atoms with Crippen LogP contribution in [0.1, 0.15) is 29.8 Å². The van der Waals surface area contributed by atoms with E-state index in [4.69, 9.17) is 0 Å². The highest BCUT2D eigenvalue weighted by Crippen LogP contribution is 2.22. The average molecular weight is 433 g/mol. The summed E-state index contributed by atoms with van der Waals surface area (Å²) in [6.45, 7) is 7.15. The van der Waals surface area contributed by atoms with E-state index in [0.717, 1.165) is 24.1 Å². The van der Waals surface area contributed by atoms with Crippen molar-refractivity contribution in [3.8, 4) is 0 Å². The van der Waals surface area contributed by atoms with Gasteiger partial charge in [-0.25, -0.2) is 8.42 Å². The fraction of sp³-hybridized carbons (Fsp3) is 0.333. The minimum atomic E-state index is -3.57. The molecule has 0 heterocycles. The number of sulfonamides is 1. The first-order chi connectivity index (χ1) is 14.1. The molecule has 0 aliphatic heterocycles. The molecule has 2 rings (SSSR count). The quantitative estimate of drug-likeness (QED) is 0.565. The molecule has 0 aliphatic rings. The number of carbonyl (C=O) groups is 2. The predicted molar refractivity (Wildman–Crippen MR) is 121 cm³/mol. The second kappa shape index (κ2) is 10.1. The summed E-state index contributed by atoms with van der Waals surface area (Å²) >= 11 is 0. The van der Waals surface area contributed by atoms with E-state index >= 15 is 0 Å². The molecule has 0 atom stereocenters. The van der Waals surface area contributed by atoms with Crippen molar-refractivity contribution in [3.05, 3.63) is 53.6 Å². The Morgan fingerprint density at radius 3 is 2.43 bits per heavy atom. The van der Waals surface area contributed by atoms with Gasteiger partial charge in [0.15, 0.2) is 0 Å². The van der Waals surface area contributed by atoms with Crippen molar-refractivity contribution in [3.63, 3.8) is 0 Å². The summed E-state index contributed by atoms with van der Waals surface area (Å²) < 4.78 is 25.6. The molecule has 0 fully saturated rings. The van der Waals surface area contributed by atoms with Crippen molar-refractivity contribution >= 4 is 38.9 Å². The van der Waals surface area contributed by atoms with E-state index in [1.165, 1.54) is 25.1 Å². The first-order valence-electron chi connectivity index (χ1n) is 9.58. The maximum atomic E-state index is 12.8. The minimum Gasteiger partial charge on any atom is -0.370 e. The van der Waals surface area contributed by atoms with E-state index in [-0.39, 0.29) is 17.2 Å². The zero-order chi connectivity index (χ0) is 22.3. The number of carbonyl (C=O) groups excluding carboxylic acids is 2. The van der Waals surface area contributed by atoms with Crippen LogP contribution in [-0.4, -0.2) is 46.1 Å². The van der Waals surface area contributed by atoms with Gasteiger partial charge in [-0.2, -0.15) is 0 Å². The first-order valence-corrected chi connectivity index (χ1v) is 11.5. The fourth-order valence-corrected chi connectivity index (χ4v) is 3.57. The van der Waals surface area contributed by atoms with Gasteiger partial charge in [-0.3, -0.25) is 14.3 Å². The monoisotopic (exact) mass is 432 g/mol. The summed E-state index contributed by atoms with van der Waals surface area (Å²) in [6, 6.07) is 12.5. The molecule has 2 aromatic carbocycles. The fourth-order valence-electron chi connectivity index (χ4n) is 3.00. The predicted octanol–water partition coefficient (Wildman–Crippen LogP) is 2.58. The summed E-state index contributed by atoms with van der Waals surface area (Å²) in [6.07, 6.45) is 1.01. The van der Waals surface area contributed by atoms with Crippen molar-refractivity contribution in [2.75, 3.05) is 40.8 Å². The molecule has 0 radical (unpaired) electrons. The van der Waals surface area contributed by atoms with Crippen LogP contribution in [0.2, 0.25) is 0 Å². The number of aryl methyl sites for hydroxylation is 1. The van der Waals surface area contributed by atoms with Crippen molar-refractivity contribution in [2.24, 2.45) is 0 Å². The van der Waals surface area contributed by atoms with Crippen LogP contribution in [-0.2, 0) is 14.8 Å². The number of likely N-dealkylation sites (N-methyl/N-ethyl adjacent to an activating group) is 1. The number of hydrogen-bond donors (Lipinski definition) is 3. The molecule has 162 valence electrons. The third-order valence-corrected chi connectivity index (χ3v) is 4.89. The highest BCUT2D eigenvalue weighted by Gasteiger charge is 2.16. The zero-order valence-electron chi connectivity index (χ0n) is 17.7. The molecule has 3 N–H and O–H groups in total. The summed E-state index contributed by atoms with van der Waals surface area (Å²) in [5, 5.41) is 5.42. The van der Waals surface area contributed by atoms with E-state index in [9.17, 15) is 18.0 Å². The Labute approximate surface area is 177 Å². The molecule has 0 unspecified atom stereocenters. The smallest absolute Gasteiger partial charge is 0.253 e. The molecular formula is C21H28N4O4S. The van der Waals surface area contributed by atoms with Crippen LogP contribution in [0, 0.1) is 6.92 Å². The lowest BCUT2D eigenvalue weighted by molar-refractivity contribution is -0.114. The number of hydrogen-bond acceptors (Lipinski definition) is 5. The van der Waals surface area contributed by atoms with Crippen LogP contribution < -0.4 is 20.3 Å². The maximum Gasteiger partial charge on any atom is 0.253 e. The Bertz CT molecular complexity index is 1020. The van der Waals surface area contributed by atoms with Crippen LogP contribution in [0.25, 0.3) is 0 Å². The second-order valence-electron chi connectivity index (χ2n) is 6.99. The number of benzene rings is 2. The van der Waals surface area contributed by atoms with Gasteiger partial charge in [-0.05, 0) is 49.7 Å². The van der Waals surface area contributed by atoms with Crippen LogP contribution in [0.3, 0.4) is 0 Å². The summed E-state index contributed by atoms with van der Waals surface area (Å²) in [5.41, 5.74) is 2.90. The third-order valence-electron chi connectivity index (χ3n) is 4.30. The molecule has 0 aliphatic carbocycles. The molecule has 30 heavy (non-hydrogen) atoms. The van der Waals surface area contributed by atoms with Gasteiger partial charge in [0.05, 0.1) is 17.5 Å². The van der Waals surface area contributed by atoms with Crippen LogP contribution in [0.4, 0.5) is 17.1 Å². The molecule has 8 nitrogen and oxygen atoms in total. The molecule has 0 saturated heterocycles. The summed E-state index contributed by atoms with van der Waals surface area (Å²) in [4.78, 5) is 26.2. The van der Waals surface area contributed by atoms with E-state index in [2.05, 4.69) is 26.3 Å². The molecule has 0 spiro atoms. The van der Waals surface area contributed by atoms with Gasteiger partial charge in [0.1, 0.15) is 0 Å². The Kier molecular flexibility index (Phi) is 7.82. The Morgan fingerprint density at radius 1 is 1.10 bits per heavy atom. The Hall–Kier alpha value is -3.07. The SMILES string of the molecule is CCN(CCNC(=O)c1cc(NC(C)=O)ccc1NS(C)(=O)=O)c1cccc(C)c1. The number of anilines is 3. The van der Waals surface area contributed by atoms with Gasteiger partial charge < -0.3 is 15.5 Å². The van der Waals surface area contributed by atoms with Crippen molar-refractivity contribution in [1.29, 1.82) is 0 Å². The van der Waals surface area contributed by atoms with Crippen LogP contribution >= 0.6 is 0 Å². The molecular weight excluding hydrogens is 404 g/mol. The largest absolute Gasteiger partial charge is 0.370 e. The first kappa shape index (κ1) is 23.2. The molecule has 9 heteroatoms. The van der Waals surface area contributed by atoms with E-state index < -0.39 is 15.9 Å². The van der Waals surface area contributed by atoms with Gasteiger partial charge in [-0.15, -0.1) is 0 Å². The third kappa shape index (κ3) is 7.07. The lowest BCUT2D eigenvalue weighted by Crippen LogP contribution is -2.35. The summed E-state index contributed by atoms with van der Waals surface area (Å²) in [5.74, 6) is -0.726. The van der Waals surface area contributed by atoms with Gasteiger partial charge in [-0.1, -0.05) is 12.1 Å². The van der Waals surface area contributed by atoms with E-state index in [1.54, 1.807) is 0 Å². The molecule has 0 saturated carbocycles. The Morgan fingerprint density at radius 2 is 1.83 bits per heavy atom. The van der Waals surface area contributed by atoms with Crippen LogP contribution in [0.15, 0.2) is 42.5 Å².